The highest BCUT2D eigenvalue weighted by Crippen LogP contribution is 2.25. The van der Waals surface area contributed by atoms with Crippen LogP contribution in [-0.4, -0.2) is 9.97 Å². The first-order valence-corrected chi connectivity index (χ1v) is 5.61. The van der Waals surface area contributed by atoms with E-state index in [4.69, 9.17) is 0 Å². The molecule has 1 aromatic heterocycles. The molecule has 0 aliphatic heterocycles. The molecule has 2 aromatic rings. The van der Waals surface area contributed by atoms with Gasteiger partial charge in [0.25, 0.3) is 0 Å². The highest BCUT2D eigenvalue weighted by Gasteiger charge is 2.00. The zero-order valence-corrected chi connectivity index (χ0v) is 9.58. The monoisotopic (exact) mass is 216 g/mol. The normalized spacial score (nSPS) is 10.3. The van der Waals surface area contributed by atoms with Crippen molar-refractivity contribution in [3.05, 3.63) is 47.9 Å². The van der Waals surface area contributed by atoms with Gasteiger partial charge in [0.05, 0.1) is 0 Å². The predicted molar refractivity (Wildman–Crippen MR) is 62.1 cm³/mol. The van der Waals surface area contributed by atoms with E-state index >= 15 is 0 Å². The smallest absolute Gasteiger partial charge is 0.126 e. The lowest BCUT2D eigenvalue weighted by molar-refractivity contribution is 0.936. The number of aromatic nitrogens is 2. The number of hydrogen-bond acceptors (Lipinski definition) is 3. The van der Waals surface area contributed by atoms with Gasteiger partial charge in [-0.1, -0.05) is 30.0 Å². The SMILES string of the molecule is Cc1cc(Sc2ccccc2)nc(C)n1. The van der Waals surface area contributed by atoms with Gasteiger partial charge in [0.15, 0.2) is 0 Å². The summed E-state index contributed by atoms with van der Waals surface area (Å²) in [5.41, 5.74) is 1.01. The van der Waals surface area contributed by atoms with Gasteiger partial charge < -0.3 is 0 Å². The zero-order valence-electron chi connectivity index (χ0n) is 8.77. The van der Waals surface area contributed by atoms with E-state index in [-0.39, 0.29) is 0 Å². The van der Waals surface area contributed by atoms with Gasteiger partial charge >= 0.3 is 0 Å². The van der Waals surface area contributed by atoms with Crippen molar-refractivity contribution in [1.82, 2.24) is 9.97 Å². The Hall–Kier alpha value is -1.35. The summed E-state index contributed by atoms with van der Waals surface area (Å²) >= 11 is 1.66. The van der Waals surface area contributed by atoms with E-state index in [0.29, 0.717) is 0 Å². The van der Waals surface area contributed by atoms with Gasteiger partial charge in [-0.15, -0.1) is 0 Å². The average molecular weight is 216 g/mol. The summed E-state index contributed by atoms with van der Waals surface area (Å²) in [4.78, 5) is 9.84. The second-order valence-corrected chi connectivity index (χ2v) is 4.40. The van der Waals surface area contributed by atoms with E-state index < -0.39 is 0 Å². The lowest BCUT2D eigenvalue weighted by Gasteiger charge is -2.02. The summed E-state index contributed by atoms with van der Waals surface area (Å²) in [7, 11) is 0. The fourth-order valence-electron chi connectivity index (χ4n) is 1.34. The fraction of sp³-hybridized carbons (Fsp3) is 0.167. The first-order valence-electron chi connectivity index (χ1n) is 4.79. The maximum atomic E-state index is 4.38. The summed E-state index contributed by atoms with van der Waals surface area (Å²) in [6.45, 7) is 3.91. The minimum absolute atomic E-state index is 0.827. The fourth-order valence-corrected chi connectivity index (χ4v) is 2.29. The van der Waals surface area contributed by atoms with Gasteiger partial charge in [0.1, 0.15) is 10.9 Å². The molecule has 0 radical (unpaired) electrons. The first-order chi connectivity index (χ1) is 7.24. The maximum absolute atomic E-state index is 4.38. The van der Waals surface area contributed by atoms with E-state index in [1.807, 2.05) is 38.1 Å². The number of hydrogen-bond donors (Lipinski definition) is 0. The molecular formula is C12H12N2S. The molecule has 2 rings (SSSR count). The third-order valence-electron chi connectivity index (χ3n) is 1.91. The summed E-state index contributed by atoms with van der Waals surface area (Å²) in [5.74, 6) is 0.827. The van der Waals surface area contributed by atoms with Crippen LogP contribution in [0.15, 0.2) is 46.3 Å². The van der Waals surface area contributed by atoms with Crippen molar-refractivity contribution in [2.75, 3.05) is 0 Å². The lowest BCUT2D eigenvalue weighted by atomic mass is 10.4. The molecule has 0 aliphatic carbocycles. The minimum atomic E-state index is 0.827. The van der Waals surface area contributed by atoms with Crippen LogP contribution in [0.3, 0.4) is 0 Å². The van der Waals surface area contributed by atoms with Crippen molar-refractivity contribution in [2.45, 2.75) is 23.8 Å². The minimum Gasteiger partial charge on any atom is -0.238 e. The third kappa shape index (κ3) is 2.80. The van der Waals surface area contributed by atoms with Gasteiger partial charge in [0, 0.05) is 10.6 Å². The Morgan fingerprint density at radius 1 is 1.00 bits per heavy atom. The van der Waals surface area contributed by atoms with Crippen LogP contribution in [0.2, 0.25) is 0 Å². The summed E-state index contributed by atoms with van der Waals surface area (Å²) in [6.07, 6.45) is 0. The Morgan fingerprint density at radius 2 is 1.73 bits per heavy atom. The van der Waals surface area contributed by atoms with Crippen LogP contribution < -0.4 is 0 Å². The largest absolute Gasteiger partial charge is 0.238 e. The van der Waals surface area contributed by atoms with Crippen molar-refractivity contribution in [3.8, 4) is 0 Å². The molecule has 0 saturated carbocycles. The van der Waals surface area contributed by atoms with Crippen LogP contribution in [0, 0.1) is 13.8 Å². The number of nitrogens with zero attached hydrogens (tertiary/aromatic N) is 2. The van der Waals surface area contributed by atoms with Crippen molar-refractivity contribution in [3.63, 3.8) is 0 Å². The lowest BCUT2D eigenvalue weighted by Crippen LogP contribution is -1.92. The van der Waals surface area contributed by atoms with Crippen molar-refractivity contribution >= 4 is 11.8 Å². The van der Waals surface area contributed by atoms with Crippen LogP contribution >= 0.6 is 11.8 Å². The van der Waals surface area contributed by atoms with Crippen LogP contribution in [0.4, 0.5) is 0 Å². The van der Waals surface area contributed by atoms with E-state index in [1.54, 1.807) is 11.8 Å². The topological polar surface area (TPSA) is 25.8 Å². The summed E-state index contributed by atoms with van der Waals surface area (Å²) in [6, 6.07) is 12.2. The van der Waals surface area contributed by atoms with E-state index in [1.165, 1.54) is 4.90 Å². The Bertz CT molecular complexity index is 434. The zero-order chi connectivity index (χ0) is 10.7. The molecule has 1 aromatic carbocycles. The molecule has 0 fully saturated rings. The second kappa shape index (κ2) is 4.45. The van der Waals surface area contributed by atoms with Crippen molar-refractivity contribution in [1.29, 1.82) is 0 Å². The van der Waals surface area contributed by atoms with Crippen LogP contribution in [0.1, 0.15) is 11.5 Å². The molecule has 2 nitrogen and oxygen atoms in total. The third-order valence-corrected chi connectivity index (χ3v) is 2.83. The number of benzene rings is 1. The van der Waals surface area contributed by atoms with Gasteiger partial charge in [-0.2, -0.15) is 0 Å². The first kappa shape index (κ1) is 10.2. The van der Waals surface area contributed by atoms with E-state index in [0.717, 1.165) is 16.5 Å². The molecule has 76 valence electrons. The molecule has 15 heavy (non-hydrogen) atoms. The average Bonchev–Trinajstić information content (AvgIpc) is 2.17. The van der Waals surface area contributed by atoms with E-state index in [9.17, 15) is 0 Å². The molecule has 0 atom stereocenters. The molecular weight excluding hydrogens is 204 g/mol. The van der Waals surface area contributed by atoms with Gasteiger partial charge in [-0.3, -0.25) is 0 Å². The molecule has 0 unspecified atom stereocenters. The Balaban J connectivity index is 2.25. The second-order valence-electron chi connectivity index (χ2n) is 3.31. The highest BCUT2D eigenvalue weighted by atomic mass is 32.2. The molecule has 0 N–H and O–H groups in total. The van der Waals surface area contributed by atoms with E-state index in [2.05, 4.69) is 22.1 Å². The molecule has 0 saturated heterocycles. The quantitative estimate of drug-likeness (QED) is 0.721. The Labute approximate surface area is 93.8 Å². The Kier molecular flexibility index (Phi) is 3.02. The standard InChI is InChI=1S/C12H12N2S/c1-9-8-12(14-10(2)13-9)15-11-6-4-3-5-7-11/h3-8H,1-2H3. The number of rotatable bonds is 2. The summed E-state index contributed by atoms with van der Waals surface area (Å²) in [5, 5.41) is 1.01. The molecule has 0 bridgehead atoms. The maximum Gasteiger partial charge on any atom is 0.126 e. The van der Waals surface area contributed by atoms with Crippen molar-refractivity contribution < 1.29 is 0 Å². The Morgan fingerprint density at radius 3 is 2.40 bits per heavy atom. The molecule has 0 aliphatic rings. The molecule has 1 heterocycles. The molecule has 0 spiro atoms. The molecule has 3 heteroatoms. The highest BCUT2D eigenvalue weighted by molar-refractivity contribution is 7.99. The van der Waals surface area contributed by atoms with Gasteiger partial charge in [0.2, 0.25) is 0 Å². The van der Waals surface area contributed by atoms with Crippen molar-refractivity contribution in [2.24, 2.45) is 0 Å². The summed E-state index contributed by atoms with van der Waals surface area (Å²) < 4.78 is 0. The van der Waals surface area contributed by atoms with Gasteiger partial charge in [-0.25, -0.2) is 9.97 Å². The number of aryl methyl sites for hydroxylation is 2. The van der Waals surface area contributed by atoms with Crippen LogP contribution in [0.25, 0.3) is 0 Å². The predicted octanol–water partition coefficient (Wildman–Crippen LogP) is 3.24. The van der Waals surface area contributed by atoms with Crippen LogP contribution in [0.5, 0.6) is 0 Å². The molecule has 0 amide bonds. The van der Waals surface area contributed by atoms with Crippen LogP contribution in [-0.2, 0) is 0 Å². The van der Waals surface area contributed by atoms with Gasteiger partial charge in [-0.05, 0) is 32.0 Å².